The normalized spacial score (nSPS) is 15.2. The van der Waals surface area contributed by atoms with Crippen LogP contribution >= 0.6 is 27.3 Å². The highest BCUT2D eigenvalue weighted by molar-refractivity contribution is 9.09. The van der Waals surface area contributed by atoms with Gasteiger partial charge in [0, 0.05) is 21.3 Å². The number of halogens is 4. The second kappa shape index (κ2) is 4.64. The van der Waals surface area contributed by atoms with Gasteiger partial charge in [-0.15, -0.1) is 11.3 Å². The molecule has 0 fully saturated rings. The first-order valence-electron chi connectivity index (χ1n) is 4.80. The Hall–Kier alpha value is -0.100. The van der Waals surface area contributed by atoms with Crippen molar-refractivity contribution < 1.29 is 13.2 Å². The number of thiazole rings is 1. The lowest BCUT2D eigenvalue weighted by atomic mass is 9.87. The van der Waals surface area contributed by atoms with Crippen LogP contribution in [-0.4, -0.2) is 9.81 Å². The van der Waals surface area contributed by atoms with Gasteiger partial charge in [0.05, 0.1) is 0 Å². The number of aromatic nitrogens is 1. The molecule has 0 aliphatic rings. The molecule has 6 heteroatoms. The SMILES string of the molecule is CC(Br)CC(C)(C)c1cnc(C(F)(F)F)s1. The summed E-state index contributed by atoms with van der Waals surface area (Å²) in [6, 6.07) is 0. The number of alkyl halides is 4. The van der Waals surface area contributed by atoms with Crippen molar-refractivity contribution in [2.45, 2.75) is 43.6 Å². The molecule has 92 valence electrons. The monoisotopic (exact) mass is 315 g/mol. The largest absolute Gasteiger partial charge is 0.443 e. The lowest BCUT2D eigenvalue weighted by Gasteiger charge is -2.24. The van der Waals surface area contributed by atoms with Crippen LogP contribution in [0.5, 0.6) is 0 Å². The summed E-state index contributed by atoms with van der Waals surface area (Å²) >= 11 is 4.15. The van der Waals surface area contributed by atoms with Gasteiger partial charge in [-0.2, -0.15) is 13.2 Å². The summed E-state index contributed by atoms with van der Waals surface area (Å²) in [5.74, 6) is 0. The highest BCUT2D eigenvalue weighted by atomic mass is 79.9. The minimum absolute atomic E-state index is 0.263. The molecule has 0 radical (unpaired) electrons. The van der Waals surface area contributed by atoms with E-state index in [1.165, 1.54) is 6.20 Å². The maximum Gasteiger partial charge on any atom is 0.443 e. The minimum atomic E-state index is -4.33. The molecule has 0 spiro atoms. The summed E-state index contributed by atoms with van der Waals surface area (Å²) in [4.78, 5) is 4.37. The zero-order valence-corrected chi connectivity index (χ0v) is 11.6. The van der Waals surface area contributed by atoms with E-state index in [-0.39, 0.29) is 10.2 Å². The molecule has 0 saturated carbocycles. The minimum Gasteiger partial charge on any atom is -0.240 e. The van der Waals surface area contributed by atoms with E-state index >= 15 is 0 Å². The van der Waals surface area contributed by atoms with E-state index < -0.39 is 11.2 Å². The maximum atomic E-state index is 12.4. The van der Waals surface area contributed by atoms with Crippen molar-refractivity contribution in [1.82, 2.24) is 4.98 Å². The van der Waals surface area contributed by atoms with Crippen LogP contribution in [0.4, 0.5) is 13.2 Å². The zero-order valence-electron chi connectivity index (χ0n) is 9.23. The standard InChI is InChI=1S/C10H13BrF3NS/c1-6(11)4-9(2,3)7-5-15-8(16-7)10(12,13)14/h5-6H,4H2,1-3H3. The zero-order chi connectivity index (χ0) is 12.6. The van der Waals surface area contributed by atoms with Crippen LogP contribution in [0.15, 0.2) is 6.20 Å². The molecule has 0 aliphatic heterocycles. The fraction of sp³-hybridized carbons (Fsp3) is 0.700. The van der Waals surface area contributed by atoms with Crippen molar-refractivity contribution in [2.24, 2.45) is 0 Å². The van der Waals surface area contributed by atoms with Gasteiger partial charge in [-0.3, -0.25) is 0 Å². The number of nitrogens with zero attached hydrogens (tertiary/aromatic N) is 1. The molecule has 0 saturated heterocycles. The quantitative estimate of drug-likeness (QED) is 0.742. The Morgan fingerprint density at radius 3 is 2.38 bits per heavy atom. The predicted octanol–water partition coefficient (Wildman–Crippen LogP) is 4.61. The summed E-state index contributed by atoms with van der Waals surface area (Å²) in [6.45, 7) is 5.84. The Morgan fingerprint density at radius 1 is 1.44 bits per heavy atom. The van der Waals surface area contributed by atoms with E-state index in [2.05, 4.69) is 20.9 Å². The number of hydrogen-bond acceptors (Lipinski definition) is 2. The fourth-order valence-corrected chi connectivity index (χ4v) is 3.23. The van der Waals surface area contributed by atoms with Crippen molar-refractivity contribution in [3.63, 3.8) is 0 Å². The summed E-state index contributed by atoms with van der Waals surface area (Å²) < 4.78 is 37.2. The maximum absolute atomic E-state index is 12.4. The number of hydrogen-bond donors (Lipinski definition) is 0. The summed E-state index contributed by atoms with van der Waals surface area (Å²) in [5, 5.41) is -0.766. The third-order valence-electron chi connectivity index (χ3n) is 2.21. The van der Waals surface area contributed by atoms with Crippen molar-refractivity contribution >= 4 is 27.3 Å². The van der Waals surface area contributed by atoms with E-state index in [1.54, 1.807) is 0 Å². The van der Waals surface area contributed by atoms with Gasteiger partial charge in [0.15, 0.2) is 5.01 Å². The van der Waals surface area contributed by atoms with Crippen LogP contribution in [-0.2, 0) is 11.6 Å². The van der Waals surface area contributed by atoms with Crippen molar-refractivity contribution in [3.05, 3.63) is 16.1 Å². The molecule has 0 amide bonds. The molecule has 1 rings (SSSR count). The van der Waals surface area contributed by atoms with Gasteiger partial charge >= 0.3 is 6.18 Å². The smallest absolute Gasteiger partial charge is 0.240 e. The molecule has 0 aliphatic carbocycles. The molecule has 16 heavy (non-hydrogen) atoms. The predicted molar refractivity (Wildman–Crippen MR) is 63.1 cm³/mol. The molecule has 1 nitrogen and oxygen atoms in total. The first-order chi connectivity index (χ1) is 7.13. The van der Waals surface area contributed by atoms with Crippen LogP contribution in [0, 0.1) is 0 Å². The molecule has 1 aromatic heterocycles. The van der Waals surface area contributed by atoms with Gasteiger partial charge in [0.25, 0.3) is 0 Å². The average Bonchev–Trinajstić information content (AvgIpc) is 2.47. The summed E-state index contributed by atoms with van der Waals surface area (Å²) in [7, 11) is 0. The second-order valence-corrected chi connectivity index (χ2v) is 6.99. The Kier molecular flexibility index (Phi) is 4.05. The Morgan fingerprint density at radius 2 is 2.00 bits per heavy atom. The molecule has 1 aromatic rings. The topological polar surface area (TPSA) is 12.9 Å². The van der Waals surface area contributed by atoms with Gasteiger partial charge < -0.3 is 0 Å². The highest BCUT2D eigenvalue weighted by Gasteiger charge is 2.36. The van der Waals surface area contributed by atoms with Gasteiger partial charge in [0.1, 0.15) is 0 Å². The van der Waals surface area contributed by atoms with E-state index in [4.69, 9.17) is 0 Å². The van der Waals surface area contributed by atoms with Gasteiger partial charge in [-0.1, -0.05) is 36.7 Å². The molecular formula is C10H13BrF3NS. The summed E-state index contributed by atoms with van der Waals surface area (Å²) in [6.07, 6.45) is -2.23. The van der Waals surface area contributed by atoms with Crippen LogP contribution in [0.25, 0.3) is 0 Å². The van der Waals surface area contributed by atoms with Crippen LogP contribution in [0.2, 0.25) is 0 Å². The van der Waals surface area contributed by atoms with E-state index in [0.29, 0.717) is 4.88 Å². The summed E-state index contributed by atoms with van der Waals surface area (Å²) in [5.41, 5.74) is -0.288. The van der Waals surface area contributed by atoms with E-state index in [0.717, 1.165) is 17.8 Å². The van der Waals surface area contributed by atoms with Gasteiger partial charge in [-0.05, 0) is 6.42 Å². The van der Waals surface area contributed by atoms with Crippen LogP contribution < -0.4 is 0 Å². The lowest BCUT2D eigenvalue weighted by Crippen LogP contribution is -2.19. The van der Waals surface area contributed by atoms with Gasteiger partial charge in [-0.25, -0.2) is 4.98 Å². The average molecular weight is 316 g/mol. The Bertz CT molecular complexity index is 357. The van der Waals surface area contributed by atoms with Crippen LogP contribution in [0.3, 0.4) is 0 Å². The number of rotatable bonds is 3. The molecule has 0 aromatic carbocycles. The van der Waals surface area contributed by atoms with Crippen molar-refractivity contribution in [1.29, 1.82) is 0 Å². The lowest BCUT2D eigenvalue weighted by molar-refractivity contribution is -0.137. The second-order valence-electron chi connectivity index (χ2n) is 4.40. The molecule has 0 N–H and O–H groups in total. The Balaban J connectivity index is 2.93. The molecule has 1 heterocycles. The third-order valence-corrected chi connectivity index (χ3v) is 3.94. The molecule has 1 atom stereocenters. The fourth-order valence-electron chi connectivity index (χ4n) is 1.52. The van der Waals surface area contributed by atoms with Crippen LogP contribution in [0.1, 0.15) is 37.1 Å². The van der Waals surface area contributed by atoms with Crippen molar-refractivity contribution in [2.75, 3.05) is 0 Å². The molecular weight excluding hydrogens is 303 g/mol. The Labute approximate surface area is 105 Å². The highest BCUT2D eigenvalue weighted by Crippen LogP contribution is 2.39. The van der Waals surface area contributed by atoms with Gasteiger partial charge in [0.2, 0.25) is 0 Å². The first kappa shape index (κ1) is 14.0. The molecule has 0 bridgehead atoms. The van der Waals surface area contributed by atoms with E-state index in [9.17, 15) is 13.2 Å². The van der Waals surface area contributed by atoms with E-state index in [1.807, 2.05) is 20.8 Å². The molecule has 1 unspecified atom stereocenters. The van der Waals surface area contributed by atoms with Crippen molar-refractivity contribution in [3.8, 4) is 0 Å². The third kappa shape index (κ3) is 3.45. The first-order valence-corrected chi connectivity index (χ1v) is 6.54.